The van der Waals surface area contributed by atoms with Gasteiger partial charge in [0.25, 0.3) is 11.8 Å². The number of piperazine rings is 1. The molecule has 14 nitrogen and oxygen atoms in total. The van der Waals surface area contributed by atoms with Gasteiger partial charge in [0, 0.05) is 75.3 Å². The van der Waals surface area contributed by atoms with Crippen molar-refractivity contribution >= 4 is 46.0 Å². The van der Waals surface area contributed by atoms with Gasteiger partial charge in [-0.25, -0.2) is 9.97 Å². The molecule has 0 bridgehead atoms. The molecule has 2 aromatic carbocycles. The minimum atomic E-state index is -0.963. The van der Waals surface area contributed by atoms with E-state index in [1.54, 1.807) is 18.5 Å². The molecule has 0 radical (unpaired) electrons. The van der Waals surface area contributed by atoms with Gasteiger partial charge in [-0.2, -0.15) is 5.10 Å². The maximum absolute atomic E-state index is 13.3. The molecule has 5 aliphatic rings. The highest BCUT2D eigenvalue weighted by molar-refractivity contribution is 6.23. The number of hydrogen-bond acceptors (Lipinski definition) is 11. The fourth-order valence-corrected chi connectivity index (χ4v) is 7.54. The maximum atomic E-state index is 13.3. The predicted molar refractivity (Wildman–Crippen MR) is 183 cm³/mol. The Balaban J connectivity index is 0.795. The molecular formula is C36H37N9O5. The molecule has 4 fully saturated rings. The Morgan fingerprint density at radius 1 is 0.900 bits per heavy atom. The SMILES string of the molecule is CC1(Oc2ccc3[nH]nc(-c4cc(N5CCN(CC6CN(c7ccc8c(c7)C(=O)N(C7CCC(=O)NC7=O)C8=O)C6)CC5)ncn4)c3c2)CC1. The highest BCUT2D eigenvalue weighted by atomic mass is 16.5. The van der Waals surface area contributed by atoms with Crippen molar-refractivity contribution in [3.05, 3.63) is 59.9 Å². The van der Waals surface area contributed by atoms with Crippen molar-refractivity contribution in [3.63, 3.8) is 0 Å². The van der Waals surface area contributed by atoms with Gasteiger partial charge < -0.3 is 14.5 Å². The van der Waals surface area contributed by atoms with Crippen molar-refractivity contribution in [2.75, 3.05) is 55.6 Å². The summed E-state index contributed by atoms with van der Waals surface area (Å²) in [6, 6.07) is 12.4. The molecule has 1 atom stereocenters. The Morgan fingerprint density at radius 2 is 1.70 bits per heavy atom. The number of nitrogens with one attached hydrogen (secondary N) is 2. The van der Waals surface area contributed by atoms with Crippen molar-refractivity contribution in [2.24, 2.45) is 5.92 Å². The smallest absolute Gasteiger partial charge is 0.262 e. The summed E-state index contributed by atoms with van der Waals surface area (Å²) in [5.41, 5.74) is 3.94. The van der Waals surface area contributed by atoms with Crippen LogP contribution in [0.4, 0.5) is 11.5 Å². The van der Waals surface area contributed by atoms with Crippen LogP contribution >= 0.6 is 0 Å². The molecule has 9 rings (SSSR count). The second-order valence-electron chi connectivity index (χ2n) is 14.3. The van der Waals surface area contributed by atoms with Gasteiger partial charge in [0.05, 0.1) is 22.3 Å². The first-order valence-corrected chi connectivity index (χ1v) is 17.3. The molecule has 0 spiro atoms. The first-order chi connectivity index (χ1) is 24.2. The van der Waals surface area contributed by atoms with Gasteiger partial charge in [0.1, 0.15) is 35.2 Å². The molecule has 2 N–H and O–H groups in total. The zero-order valence-electron chi connectivity index (χ0n) is 27.7. The third-order valence-corrected chi connectivity index (χ3v) is 10.7. The number of carbonyl (C=O) groups is 4. The Labute approximate surface area is 287 Å². The van der Waals surface area contributed by atoms with Crippen molar-refractivity contribution in [2.45, 2.75) is 44.2 Å². The van der Waals surface area contributed by atoms with Crippen LogP contribution < -0.4 is 19.9 Å². The van der Waals surface area contributed by atoms with Crippen molar-refractivity contribution < 1.29 is 23.9 Å². The Bertz CT molecular complexity index is 2060. The Hall–Kier alpha value is -5.37. The van der Waals surface area contributed by atoms with Crippen LogP contribution in [0.15, 0.2) is 48.8 Å². The summed E-state index contributed by atoms with van der Waals surface area (Å²) in [5, 5.41) is 10.9. The van der Waals surface area contributed by atoms with E-state index in [-0.39, 0.29) is 24.3 Å². The topological polar surface area (TPSA) is 157 Å². The van der Waals surface area contributed by atoms with Crippen LogP contribution in [0, 0.1) is 5.92 Å². The number of ether oxygens (including phenoxy) is 1. The van der Waals surface area contributed by atoms with Gasteiger partial charge in [-0.15, -0.1) is 0 Å². The lowest BCUT2D eigenvalue weighted by atomic mass is 9.97. The summed E-state index contributed by atoms with van der Waals surface area (Å²) in [7, 11) is 0. The summed E-state index contributed by atoms with van der Waals surface area (Å²) < 4.78 is 6.20. The molecule has 2 aromatic heterocycles. The second-order valence-corrected chi connectivity index (χ2v) is 14.3. The first-order valence-electron chi connectivity index (χ1n) is 17.3. The number of H-pyrrole nitrogens is 1. The molecule has 4 aromatic rings. The molecule has 256 valence electrons. The fourth-order valence-electron chi connectivity index (χ4n) is 7.54. The van der Waals surface area contributed by atoms with Crippen molar-refractivity contribution in [3.8, 4) is 17.1 Å². The van der Waals surface area contributed by atoms with Crippen LogP contribution in [0.2, 0.25) is 0 Å². The van der Waals surface area contributed by atoms with Crippen LogP contribution in [-0.2, 0) is 9.59 Å². The monoisotopic (exact) mass is 675 g/mol. The molecule has 1 aliphatic carbocycles. The average Bonchev–Trinajstić information content (AvgIpc) is 3.58. The van der Waals surface area contributed by atoms with Crippen LogP contribution in [-0.4, -0.2) is 111 Å². The highest BCUT2D eigenvalue weighted by Crippen LogP contribution is 2.41. The lowest BCUT2D eigenvalue weighted by Crippen LogP contribution is -2.55. The van der Waals surface area contributed by atoms with Crippen LogP contribution in [0.25, 0.3) is 22.3 Å². The van der Waals surface area contributed by atoms with E-state index in [0.29, 0.717) is 17.0 Å². The van der Waals surface area contributed by atoms with E-state index in [1.165, 1.54) is 0 Å². The van der Waals surface area contributed by atoms with Crippen LogP contribution in [0.3, 0.4) is 0 Å². The van der Waals surface area contributed by atoms with Crippen molar-refractivity contribution in [1.82, 2.24) is 35.3 Å². The van der Waals surface area contributed by atoms with Gasteiger partial charge in [0.2, 0.25) is 11.8 Å². The Kier molecular flexibility index (Phi) is 7.12. The van der Waals surface area contributed by atoms with E-state index in [2.05, 4.69) is 47.1 Å². The first kappa shape index (κ1) is 30.7. The number of aromatic nitrogens is 4. The molecule has 14 heteroatoms. The lowest BCUT2D eigenvalue weighted by Gasteiger charge is -2.45. The zero-order chi connectivity index (χ0) is 34.1. The molecule has 6 heterocycles. The van der Waals surface area contributed by atoms with Gasteiger partial charge in [-0.05, 0) is 62.6 Å². The third-order valence-electron chi connectivity index (χ3n) is 10.7. The number of benzene rings is 2. The van der Waals surface area contributed by atoms with Crippen molar-refractivity contribution in [1.29, 1.82) is 0 Å². The molecule has 1 saturated carbocycles. The van der Waals surface area contributed by atoms with Crippen LogP contribution in [0.5, 0.6) is 5.75 Å². The number of fused-ring (bicyclic) bond motifs is 2. The number of amides is 4. The van der Waals surface area contributed by atoms with Gasteiger partial charge in [0.15, 0.2) is 0 Å². The minimum absolute atomic E-state index is 0.0581. The summed E-state index contributed by atoms with van der Waals surface area (Å²) >= 11 is 0. The third kappa shape index (κ3) is 5.43. The van der Waals surface area contributed by atoms with E-state index in [9.17, 15) is 19.2 Å². The quantitative estimate of drug-likeness (QED) is 0.265. The second kappa shape index (κ2) is 11.6. The number of rotatable bonds is 8. The van der Waals surface area contributed by atoms with E-state index in [0.717, 1.165) is 103 Å². The van der Waals surface area contributed by atoms with E-state index in [1.807, 2.05) is 30.3 Å². The Morgan fingerprint density at radius 3 is 2.48 bits per heavy atom. The molecular weight excluding hydrogens is 638 g/mol. The number of imide groups is 2. The molecule has 4 aliphatic heterocycles. The number of aromatic amines is 1. The molecule has 3 saturated heterocycles. The molecule has 1 unspecified atom stereocenters. The number of carbonyl (C=O) groups excluding carboxylic acids is 4. The number of hydrogen-bond donors (Lipinski definition) is 2. The summed E-state index contributed by atoms with van der Waals surface area (Å²) in [6.45, 7) is 8.39. The zero-order valence-corrected chi connectivity index (χ0v) is 27.7. The summed E-state index contributed by atoms with van der Waals surface area (Å²) in [6.07, 6.45) is 4.00. The standard InChI is InChI=1S/C36H37N9O5/c1-36(8-9-36)50-23-3-5-27-26(15-23)32(41-40-27)28-16-30(38-20-37-28)43-12-10-42(11-13-43)17-21-18-44(19-21)22-2-4-24-25(14-22)35(49)45(34(24)48)29-6-7-31(46)39-33(29)47/h2-5,14-16,20-21,29H,6-13,17-19H2,1H3,(H,40,41)(H,39,46,47). The number of piperidine rings is 1. The normalized spacial score (nSPS) is 22.2. The molecule has 4 amide bonds. The number of anilines is 2. The summed E-state index contributed by atoms with van der Waals surface area (Å²) in [5.74, 6) is 0.268. The highest BCUT2D eigenvalue weighted by Gasteiger charge is 2.45. The lowest BCUT2D eigenvalue weighted by molar-refractivity contribution is -0.136. The fraction of sp³-hybridized carbons (Fsp3) is 0.417. The van der Waals surface area contributed by atoms with Gasteiger partial charge in [-0.1, -0.05) is 0 Å². The van der Waals surface area contributed by atoms with E-state index < -0.39 is 23.8 Å². The average molecular weight is 676 g/mol. The maximum Gasteiger partial charge on any atom is 0.262 e. The van der Waals surface area contributed by atoms with E-state index >= 15 is 0 Å². The minimum Gasteiger partial charge on any atom is -0.488 e. The van der Waals surface area contributed by atoms with E-state index in [4.69, 9.17) is 4.74 Å². The summed E-state index contributed by atoms with van der Waals surface area (Å²) in [4.78, 5) is 67.5. The number of nitrogens with zero attached hydrogens (tertiary/aromatic N) is 7. The predicted octanol–water partition coefficient (Wildman–Crippen LogP) is 2.61. The molecule has 50 heavy (non-hydrogen) atoms. The largest absolute Gasteiger partial charge is 0.488 e. The van der Waals surface area contributed by atoms with Gasteiger partial charge >= 0.3 is 0 Å². The van der Waals surface area contributed by atoms with Gasteiger partial charge in [-0.3, -0.25) is 39.4 Å². The van der Waals surface area contributed by atoms with Crippen LogP contribution in [0.1, 0.15) is 53.3 Å².